The third-order valence-corrected chi connectivity index (χ3v) is 4.04. The second-order valence-electron chi connectivity index (χ2n) is 4.54. The number of rotatable bonds is 3. The molecule has 0 atom stereocenters. The van der Waals surface area contributed by atoms with Crippen molar-refractivity contribution in [3.63, 3.8) is 0 Å². The molecule has 2 amide bonds. The Morgan fingerprint density at radius 3 is 2.43 bits per heavy atom. The monoisotopic (exact) mass is 386 g/mol. The lowest BCUT2D eigenvalue weighted by Crippen LogP contribution is -2.30. The van der Waals surface area contributed by atoms with Gasteiger partial charge in [-0.2, -0.15) is 0 Å². The molecule has 2 aromatic rings. The summed E-state index contributed by atoms with van der Waals surface area (Å²) >= 11 is 15.3. The van der Waals surface area contributed by atoms with Crippen molar-refractivity contribution in [1.29, 1.82) is 0 Å². The number of hydrogen-bond acceptors (Lipinski definition) is 1. The number of amides is 2. The maximum absolute atomic E-state index is 12.2. The van der Waals surface area contributed by atoms with E-state index < -0.39 is 0 Å². The summed E-state index contributed by atoms with van der Waals surface area (Å²) in [5.74, 6) is 0. The number of nitrogens with one attached hydrogen (secondary N) is 1. The molecule has 2 aromatic carbocycles. The molecule has 2 rings (SSSR count). The van der Waals surface area contributed by atoms with Crippen LogP contribution in [-0.2, 0) is 6.54 Å². The smallest absolute Gasteiger partial charge is 0.321 e. The van der Waals surface area contributed by atoms with Crippen molar-refractivity contribution in [2.75, 3.05) is 12.4 Å². The molecular weight excluding hydrogens is 375 g/mol. The molecule has 0 fully saturated rings. The standard InChI is InChI=1S/C15H13BrCl2N2O/c1-20(9-10-4-2-3-5-14(10)16)15(21)19-13-7-11(17)6-12(18)8-13/h2-8H,9H2,1H3,(H,19,21). The maximum atomic E-state index is 12.2. The van der Waals surface area contributed by atoms with Gasteiger partial charge in [-0.15, -0.1) is 0 Å². The quantitative estimate of drug-likeness (QED) is 0.749. The lowest BCUT2D eigenvalue weighted by Gasteiger charge is -2.19. The van der Waals surface area contributed by atoms with Gasteiger partial charge in [0.2, 0.25) is 0 Å². The van der Waals surface area contributed by atoms with Crippen LogP contribution in [-0.4, -0.2) is 18.0 Å². The normalized spacial score (nSPS) is 10.3. The lowest BCUT2D eigenvalue weighted by atomic mass is 10.2. The highest BCUT2D eigenvalue weighted by Gasteiger charge is 2.11. The third kappa shape index (κ3) is 4.63. The molecule has 0 aromatic heterocycles. The zero-order chi connectivity index (χ0) is 15.4. The van der Waals surface area contributed by atoms with Crippen molar-refractivity contribution in [3.8, 4) is 0 Å². The van der Waals surface area contributed by atoms with Crippen LogP contribution >= 0.6 is 39.1 Å². The molecule has 0 heterocycles. The molecule has 0 spiro atoms. The molecule has 6 heteroatoms. The van der Waals surface area contributed by atoms with E-state index in [9.17, 15) is 4.79 Å². The van der Waals surface area contributed by atoms with Gasteiger partial charge in [0.25, 0.3) is 0 Å². The summed E-state index contributed by atoms with van der Waals surface area (Å²) in [6.45, 7) is 0.488. The predicted molar refractivity (Wildman–Crippen MR) is 91.1 cm³/mol. The highest BCUT2D eigenvalue weighted by Crippen LogP contribution is 2.23. The fraction of sp³-hybridized carbons (Fsp3) is 0.133. The van der Waals surface area contributed by atoms with Crippen molar-refractivity contribution in [1.82, 2.24) is 4.90 Å². The SMILES string of the molecule is CN(Cc1ccccc1Br)C(=O)Nc1cc(Cl)cc(Cl)c1. The minimum Gasteiger partial charge on any atom is -0.323 e. The highest BCUT2D eigenvalue weighted by molar-refractivity contribution is 9.10. The molecule has 0 radical (unpaired) electrons. The summed E-state index contributed by atoms with van der Waals surface area (Å²) < 4.78 is 0.968. The fourth-order valence-corrected chi connectivity index (χ4v) is 2.74. The minimum absolute atomic E-state index is 0.232. The molecule has 0 saturated heterocycles. The fourth-order valence-electron chi connectivity index (χ4n) is 1.80. The van der Waals surface area contributed by atoms with E-state index >= 15 is 0 Å². The Hall–Kier alpha value is -1.23. The Morgan fingerprint density at radius 1 is 1.19 bits per heavy atom. The highest BCUT2D eigenvalue weighted by atomic mass is 79.9. The van der Waals surface area contributed by atoms with Gasteiger partial charge in [-0.3, -0.25) is 0 Å². The second-order valence-corrected chi connectivity index (χ2v) is 6.26. The Labute approximate surface area is 142 Å². The summed E-state index contributed by atoms with van der Waals surface area (Å²) in [4.78, 5) is 13.7. The van der Waals surface area contributed by atoms with Crippen LogP contribution < -0.4 is 5.32 Å². The number of carbonyl (C=O) groups is 1. The molecule has 110 valence electrons. The van der Waals surface area contributed by atoms with Gasteiger partial charge >= 0.3 is 6.03 Å². The molecular formula is C15H13BrCl2N2O. The van der Waals surface area contributed by atoms with Gasteiger partial charge in [0.05, 0.1) is 0 Å². The van der Waals surface area contributed by atoms with Gasteiger partial charge in [-0.05, 0) is 29.8 Å². The number of nitrogens with zero attached hydrogens (tertiary/aromatic N) is 1. The van der Waals surface area contributed by atoms with Gasteiger partial charge < -0.3 is 10.2 Å². The average Bonchev–Trinajstić information content (AvgIpc) is 2.40. The number of hydrogen-bond donors (Lipinski definition) is 1. The topological polar surface area (TPSA) is 32.3 Å². The molecule has 3 nitrogen and oxygen atoms in total. The van der Waals surface area contributed by atoms with E-state index in [2.05, 4.69) is 21.2 Å². The summed E-state index contributed by atoms with van der Waals surface area (Å²) in [6, 6.07) is 12.5. The van der Waals surface area contributed by atoms with E-state index in [4.69, 9.17) is 23.2 Å². The number of carbonyl (C=O) groups excluding carboxylic acids is 1. The first kappa shape index (κ1) is 16.1. The number of urea groups is 1. The van der Waals surface area contributed by atoms with Crippen LogP contribution in [0.5, 0.6) is 0 Å². The Bertz CT molecular complexity index is 644. The van der Waals surface area contributed by atoms with Crippen LogP contribution in [0, 0.1) is 0 Å². The Kier molecular flexibility index (Phi) is 5.51. The molecule has 21 heavy (non-hydrogen) atoms. The molecule has 0 saturated carbocycles. The van der Waals surface area contributed by atoms with Gasteiger partial charge in [0.15, 0.2) is 0 Å². The van der Waals surface area contributed by atoms with E-state index in [0.29, 0.717) is 22.3 Å². The Balaban J connectivity index is 2.04. The van der Waals surface area contributed by atoms with E-state index in [0.717, 1.165) is 10.0 Å². The third-order valence-electron chi connectivity index (χ3n) is 2.83. The van der Waals surface area contributed by atoms with Crippen molar-refractivity contribution in [3.05, 3.63) is 62.5 Å². The average molecular weight is 388 g/mol. The summed E-state index contributed by atoms with van der Waals surface area (Å²) in [6.07, 6.45) is 0. The van der Waals surface area contributed by atoms with Crippen molar-refractivity contribution >= 4 is 50.9 Å². The number of anilines is 1. The summed E-state index contributed by atoms with van der Waals surface area (Å²) in [7, 11) is 1.72. The summed E-state index contributed by atoms with van der Waals surface area (Å²) in [5.41, 5.74) is 1.59. The first-order valence-electron chi connectivity index (χ1n) is 6.17. The van der Waals surface area contributed by atoms with E-state index in [1.54, 1.807) is 30.1 Å². The molecule has 1 N–H and O–H groups in total. The van der Waals surface area contributed by atoms with Gasteiger partial charge in [0, 0.05) is 33.8 Å². The van der Waals surface area contributed by atoms with Crippen LogP contribution in [0.4, 0.5) is 10.5 Å². The van der Waals surface area contributed by atoms with Crippen molar-refractivity contribution in [2.24, 2.45) is 0 Å². The van der Waals surface area contributed by atoms with E-state index in [1.807, 2.05) is 24.3 Å². The molecule has 0 unspecified atom stereocenters. The largest absolute Gasteiger partial charge is 0.323 e. The molecule has 0 aliphatic heterocycles. The lowest BCUT2D eigenvalue weighted by molar-refractivity contribution is 0.220. The minimum atomic E-state index is -0.232. The van der Waals surface area contributed by atoms with Crippen molar-refractivity contribution in [2.45, 2.75) is 6.54 Å². The molecule has 0 aliphatic carbocycles. The maximum Gasteiger partial charge on any atom is 0.321 e. The zero-order valence-electron chi connectivity index (χ0n) is 11.2. The predicted octanol–water partition coefficient (Wildman–Crippen LogP) is 5.42. The summed E-state index contributed by atoms with van der Waals surface area (Å²) in [5, 5.41) is 3.72. The Morgan fingerprint density at radius 2 is 1.81 bits per heavy atom. The molecule has 0 aliphatic rings. The number of benzene rings is 2. The van der Waals surface area contributed by atoms with Crippen LogP contribution in [0.2, 0.25) is 10.0 Å². The van der Waals surface area contributed by atoms with Gasteiger partial charge in [0.1, 0.15) is 0 Å². The van der Waals surface area contributed by atoms with Gasteiger partial charge in [-0.1, -0.05) is 57.3 Å². The first-order valence-corrected chi connectivity index (χ1v) is 7.72. The van der Waals surface area contributed by atoms with Gasteiger partial charge in [-0.25, -0.2) is 4.79 Å². The second kappa shape index (κ2) is 7.16. The van der Waals surface area contributed by atoms with Crippen LogP contribution in [0.25, 0.3) is 0 Å². The zero-order valence-corrected chi connectivity index (χ0v) is 14.3. The van der Waals surface area contributed by atoms with E-state index in [1.165, 1.54) is 0 Å². The van der Waals surface area contributed by atoms with Crippen LogP contribution in [0.1, 0.15) is 5.56 Å². The molecule has 0 bridgehead atoms. The van der Waals surface area contributed by atoms with Crippen LogP contribution in [0.3, 0.4) is 0 Å². The van der Waals surface area contributed by atoms with Crippen LogP contribution in [0.15, 0.2) is 46.9 Å². The number of halogens is 3. The van der Waals surface area contributed by atoms with E-state index in [-0.39, 0.29) is 6.03 Å². The van der Waals surface area contributed by atoms with Crippen molar-refractivity contribution < 1.29 is 4.79 Å². The first-order chi connectivity index (χ1) is 9.95.